The quantitative estimate of drug-likeness (QED) is 0.346. The van der Waals surface area contributed by atoms with Crippen LogP contribution in [0.5, 0.6) is 0 Å². The molecule has 1 heterocycles. The van der Waals surface area contributed by atoms with Crippen LogP contribution in [-0.4, -0.2) is 48.9 Å². The minimum atomic E-state index is 0.299. The van der Waals surface area contributed by atoms with Crippen molar-refractivity contribution >= 4 is 5.96 Å². The number of hydrogen-bond donors (Lipinski definition) is 2. The number of nitrogens with one attached hydrogen (secondary N) is 2. The van der Waals surface area contributed by atoms with E-state index < -0.39 is 0 Å². The molecule has 7 heteroatoms. The first-order chi connectivity index (χ1) is 11.7. The molecule has 1 rings (SSSR count). The predicted octanol–water partition coefficient (Wildman–Crippen LogP) is 2.50. The Bertz CT molecular complexity index is 460. The summed E-state index contributed by atoms with van der Waals surface area (Å²) in [5, 5.41) is 10.6. The van der Waals surface area contributed by atoms with Gasteiger partial charge in [-0.3, -0.25) is 4.99 Å². The van der Waals surface area contributed by atoms with Gasteiger partial charge in [0, 0.05) is 45.2 Å². The lowest BCUT2D eigenvalue weighted by Crippen LogP contribution is -2.38. The van der Waals surface area contributed by atoms with Gasteiger partial charge in [0.25, 0.3) is 0 Å². The largest absolute Gasteiger partial charge is 0.382 e. The number of unbranched alkanes of at least 4 members (excludes halogenated alkanes) is 1. The molecule has 0 unspecified atom stereocenters. The smallest absolute Gasteiger partial charge is 0.226 e. The van der Waals surface area contributed by atoms with E-state index in [1.807, 2.05) is 6.92 Å². The first kappa shape index (κ1) is 20.4. The number of hydrogen-bond acceptors (Lipinski definition) is 5. The molecule has 7 nitrogen and oxygen atoms in total. The molecule has 0 aromatic carbocycles. The number of aryl methyl sites for hydroxylation is 1. The summed E-state index contributed by atoms with van der Waals surface area (Å²) >= 11 is 0. The Morgan fingerprint density at radius 3 is 2.71 bits per heavy atom. The first-order valence-electron chi connectivity index (χ1n) is 9.09. The van der Waals surface area contributed by atoms with Gasteiger partial charge in [-0.1, -0.05) is 19.0 Å². The molecule has 0 atom stereocenters. The van der Waals surface area contributed by atoms with Crippen molar-refractivity contribution < 1.29 is 9.26 Å². The molecule has 0 amide bonds. The molecule has 1 aromatic heterocycles. The molecule has 0 radical (unpaired) electrons. The Labute approximate surface area is 145 Å². The SMILES string of the molecule is CCNC(=NCCCc1nc(C(C)C)no1)NCCCCOCC. The zero-order valence-electron chi connectivity index (χ0n) is 15.6. The molecule has 0 saturated carbocycles. The van der Waals surface area contributed by atoms with E-state index in [0.29, 0.717) is 11.8 Å². The molecule has 0 saturated heterocycles. The molecule has 0 aliphatic heterocycles. The van der Waals surface area contributed by atoms with E-state index in [1.54, 1.807) is 0 Å². The molecular weight excluding hydrogens is 306 g/mol. The van der Waals surface area contributed by atoms with Crippen LogP contribution < -0.4 is 10.6 Å². The van der Waals surface area contributed by atoms with Crippen LogP contribution >= 0.6 is 0 Å². The van der Waals surface area contributed by atoms with Crippen molar-refractivity contribution in [1.29, 1.82) is 0 Å². The van der Waals surface area contributed by atoms with Gasteiger partial charge in [0.1, 0.15) is 0 Å². The summed E-state index contributed by atoms with van der Waals surface area (Å²) in [4.78, 5) is 8.96. The lowest BCUT2D eigenvalue weighted by molar-refractivity contribution is 0.143. The topological polar surface area (TPSA) is 84.6 Å². The van der Waals surface area contributed by atoms with Crippen molar-refractivity contribution in [1.82, 2.24) is 20.8 Å². The lowest BCUT2D eigenvalue weighted by atomic mass is 10.2. The number of rotatable bonds is 12. The summed E-state index contributed by atoms with van der Waals surface area (Å²) in [7, 11) is 0. The summed E-state index contributed by atoms with van der Waals surface area (Å²) in [5.74, 6) is 2.63. The molecule has 0 fully saturated rings. The molecule has 0 aliphatic carbocycles. The summed E-state index contributed by atoms with van der Waals surface area (Å²) < 4.78 is 10.6. The van der Waals surface area contributed by atoms with Crippen molar-refractivity contribution in [3.8, 4) is 0 Å². The number of ether oxygens (including phenoxy) is 1. The Morgan fingerprint density at radius 2 is 2.04 bits per heavy atom. The average Bonchev–Trinajstić information content (AvgIpc) is 3.04. The van der Waals surface area contributed by atoms with E-state index in [-0.39, 0.29) is 0 Å². The van der Waals surface area contributed by atoms with Gasteiger partial charge in [0.05, 0.1) is 0 Å². The summed E-state index contributed by atoms with van der Waals surface area (Å²) in [6, 6.07) is 0. The molecular formula is C17H33N5O2. The predicted molar refractivity (Wildman–Crippen MR) is 96.4 cm³/mol. The fourth-order valence-electron chi connectivity index (χ4n) is 2.05. The van der Waals surface area contributed by atoms with Gasteiger partial charge < -0.3 is 19.9 Å². The second-order valence-corrected chi connectivity index (χ2v) is 5.90. The van der Waals surface area contributed by atoms with Crippen molar-refractivity contribution in [3.63, 3.8) is 0 Å². The molecule has 24 heavy (non-hydrogen) atoms. The van der Waals surface area contributed by atoms with Crippen LogP contribution in [-0.2, 0) is 11.2 Å². The molecule has 0 bridgehead atoms. The maximum Gasteiger partial charge on any atom is 0.226 e. The van der Waals surface area contributed by atoms with Crippen LogP contribution in [0, 0.1) is 0 Å². The maximum atomic E-state index is 5.33. The van der Waals surface area contributed by atoms with Crippen LogP contribution in [0.15, 0.2) is 9.52 Å². The van der Waals surface area contributed by atoms with Gasteiger partial charge in [0.2, 0.25) is 5.89 Å². The zero-order chi connectivity index (χ0) is 17.6. The minimum absolute atomic E-state index is 0.299. The third-order valence-corrected chi connectivity index (χ3v) is 3.38. The van der Waals surface area contributed by atoms with Crippen molar-refractivity contribution in [2.24, 2.45) is 4.99 Å². The van der Waals surface area contributed by atoms with Gasteiger partial charge in [-0.05, 0) is 33.1 Å². The van der Waals surface area contributed by atoms with Crippen LogP contribution in [0.1, 0.15) is 64.6 Å². The summed E-state index contributed by atoms with van der Waals surface area (Å²) in [6.45, 7) is 12.3. The van der Waals surface area contributed by atoms with E-state index in [2.05, 4.69) is 46.5 Å². The number of aromatic nitrogens is 2. The van der Waals surface area contributed by atoms with E-state index >= 15 is 0 Å². The number of guanidine groups is 1. The molecule has 2 N–H and O–H groups in total. The van der Waals surface area contributed by atoms with Crippen molar-refractivity contribution in [2.45, 2.75) is 59.3 Å². The Balaban J connectivity index is 2.23. The highest BCUT2D eigenvalue weighted by Gasteiger charge is 2.08. The van der Waals surface area contributed by atoms with Crippen molar-refractivity contribution in [2.75, 3.05) is 32.8 Å². The molecule has 1 aromatic rings. The normalized spacial score (nSPS) is 12.0. The van der Waals surface area contributed by atoms with Crippen molar-refractivity contribution in [3.05, 3.63) is 11.7 Å². The van der Waals surface area contributed by atoms with E-state index in [0.717, 1.165) is 70.3 Å². The second kappa shape index (κ2) is 12.8. The maximum absolute atomic E-state index is 5.33. The van der Waals surface area contributed by atoms with Crippen LogP contribution in [0.3, 0.4) is 0 Å². The van der Waals surface area contributed by atoms with E-state index in [9.17, 15) is 0 Å². The fourth-order valence-corrected chi connectivity index (χ4v) is 2.05. The highest BCUT2D eigenvalue weighted by atomic mass is 16.5. The Morgan fingerprint density at radius 1 is 1.21 bits per heavy atom. The van der Waals surface area contributed by atoms with E-state index in [1.165, 1.54) is 0 Å². The summed E-state index contributed by atoms with van der Waals surface area (Å²) in [6.07, 6.45) is 3.79. The second-order valence-electron chi connectivity index (χ2n) is 5.90. The Kier molecular flexibility index (Phi) is 10.8. The third kappa shape index (κ3) is 8.86. The highest BCUT2D eigenvalue weighted by Crippen LogP contribution is 2.10. The van der Waals surface area contributed by atoms with Crippen LogP contribution in [0.25, 0.3) is 0 Å². The van der Waals surface area contributed by atoms with Crippen LogP contribution in [0.2, 0.25) is 0 Å². The summed E-state index contributed by atoms with van der Waals surface area (Å²) in [5.41, 5.74) is 0. The average molecular weight is 339 g/mol. The zero-order valence-corrected chi connectivity index (χ0v) is 15.6. The monoisotopic (exact) mass is 339 g/mol. The van der Waals surface area contributed by atoms with Gasteiger partial charge in [0.15, 0.2) is 11.8 Å². The van der Waals surface area contributed by atoms with Gasteiger partial charge in [-0.2, -0.15) is 4.98 Å². The van der Waals surface area contributed by atoms with Gasteiger partial charge in [-0.25, -0.2) is 0 Å². The first-order valence-corrected chi connectivity index (χ1v) is 9.09. The number of nitrogens with zero attached hydrogens (tertiary/aromatic N) is 3. The van der Waals surface area contributed by atoms with E-state index in [4.69, 9.17) is 9.26 Å². The van der Waals surface area contributed by atoms with Gasteiger partial charge in [-0.15, -0.1) is 0 Å². The minimum Gasteiger partial charge on any atom is -0.382 e. The van der Waals surface area contributed by atoms with Crippen LogP contribution in [0.4, 0.5) is 0 Å². The lowest BCUT2D eigenvalue weighted by Gasteiger charge is -2.11. The third-order valence-electron chi connectivity index (χ3n) is 3.38. The van der Waals surface area contributed by atoms with Gasteiger partial charge >= 0.3 is 0 Å². The molecule has 0 spiro atoms. The highest BCUT2D eigenvalue weighted by molar-refractivity contribution is 5.79. The fraction of sp³-hybridized carbons (Fsp3) is 0.824. The standard InChI is InChI=1S/C17H33N5O2/c1-5-18-17(19-11-7-8-13-23-6-2)20-12-9-10-15-21-16(14(3)4)22-24-15/h14H,5-13H2,1-4H3,(H2,18,19,20). The Hall–Kier alpha value is -1.63. The number of aliphatic imine (C=N–C) groups is 1. The molecule has 138 valence electrons. The molecule has 0 aliphatic rings.